The van der Waals surface area contributed by atoms with Crippen LogP contribution in [0.25, 0.3) is 0 Å². The van der Waals surface area contributed by atoms with Crippen LogP contribution in [-0.2, 0) is 68.3 Å². The fraction of sp³-hybridized carbons (Fsp3) is 0.622. The van der Waals surface area contributed by atoms with E-state index in [0.717, 1.165) is 10.9 Å². The molecule has 10 atom stereocenters. The van der Waals surface area contributed by atoms with Gasteiger partial charge in [0.1, 0.15) is 0 Å². The summed E-state index contributed by atoms with van der Waals surface area (Å²) in [5, 5.41) is 0.757. The Bertz CT molecular complexity index is 1440. The summed E-state index contributed by atoms with van der Waals surface area (Å²) in [6.07, 6.45) is -7.52. The molecule has 4 fully saturated rings. The Morgan fingerprint density at radius 2 is 1.35 bits per heavy atom. The molecule has 0 N–H and O–H groups in total. The van der Waals surface area contributed by atoms with Gasteiger partial charge in [0, 0.05) is 0 Å². The molecule has 4 aliphatic heterocycles. The second kappa shape index (κ2) is 16.7. The minimum atomic E-state index is -1.05. The molecule has 14 heteroatoms. The Hall–Kier alpha value is -2.46. The Morgan fingerprint density at radius 1 is 0.686 bits per heavy atom. The molecule has 4 heterocycles. The molecule has 0 bridgehead atoms. The van der Waals surface area contributed by atoms with Crippen molar-refractivity contribution in [2.45, 2.75) is 126 Å². The van der Waals surface area contributed by atoms with Crippen molar-refractivity contribution >= 4 is 31.4 Å². The molecular formula is C37H48O13Se. The van der Waals surface area contributed by atoms with Gasteiger partial charge in [0.25, 0.3) is 0 Å². The first-order valence-corrected chi connectivity index (χ1v) is 19.3. The molecule has 0 radical (unpaired) electrons. The zero-order valence-corrected chi connectivity index (χ0v) is 31.5. The molecule has 2 unspecified atom stereocenters. The number of carbonyl (C=O) groups is 2. The SMILES string of the molecule is CC(=O)OC[C@H]1OC(OC[C@H]2OC3OC(C)(C)O[C@@H]3[C@H]3OC(C)(C)O[C@H]32)[C@H](OCC[Se]c2ccccc2)[C@@H](OCc2ccccc2)[C@@H]1OC(C)=O. The van der Waals surface area contributed by atoms with E-state index < -0.39 is 84.9 Å². The molecule has 0 saturated carbocycles. The van der Waals surface area contributed by atoms with Gasteiger partial charge < -0.3 is 0 Å². The van der Waals surface area contributed by atoms with Crippen LogP contribution in [0.15, 0.2) is 60.7 Å². The number of hydrogen-bond donors (Lipinski definition) is 0. The fourth-order valence-corrected chi connectivity index (χ4v) is 8.30. The van der Waals surface area contributed by atoms with Gasteiger partial charge >= 0.3 is 292 Å². The summed E-state index contributed by atoms with van der Waals surface area (Å²) in [4.78, 5) is 24.4. The van der Waals surface area contributed by atoms with Gasteiger partial charge in [-0.25, -0.2) is 0 Å². The van der Waals surface area contributed by atoms with E-state index in [2.05, 4.69) is 12.1 Å². The van der Waals surface area contributed by atoms with Gasteiger partial charge in [0.05, 0.1) is 0 Å². The number of ether oxygens (including phenoxy) is 11. The molecule has 0 aliphatic carbocycles. The molecule has 2 aromatic carbocycles. The number of benzene rings is 2. The first-order chi connectivity index (χ1) is 24.4. The van der Waals surface area contributed by atoms with Crippen LogP contribution in [0.5, 0.6) is 0 Å². The van der Waals surface area contributed by atoms with Crippen LogP contribution in [0.1, 0.15) is 47.1 Å². The molecule has 280 valence electrons. The normalized spacial score (nSPS) is 33.6. The topological polar surface area (TPSA) is 136 Å². The predicted molar refractivity (Wildman–Crippen MR) is 181 cm³/mol. The molecule has 2 aromatic rings. The van der Waals surface area contributed by atoms with Crippen LogP contribution in [0.2, 0.25) is 5.32 Å². The van der Waals surface area contributed by atoms with E-state index in [-0.39, 0.29) is 34.8 Å². The summed E-state index contributed by atoms with van der Waals surface area (Å²) in [5.41, 5.74) is 0.907. The van der Waals surface area contributed by atoms with Gasteiger partial charge in [-0.15, -0.1) is 0 Å². The number of hydrogen-bond acceptors (Lipinski definition) is 13. The van der Waals surface area contributed by atoms with E-state index in [1.807, 2.05) is 76.2 Å². The summed E-state index contributed by atoms with van der Waals surface area (Å²) < 4.78 is 69.8. The van der Waals surface area contributed by atoms with Crippen molar-refractivity contribution in [2.24, 2.45) is 0 Å². The number of rotatable bonds is 14. The van der Waals surface area contributed by atoms with Crippen molar-refractivity contribution in [1.29, 1.82) is 0 Å². The first-order valence-electron chi connectivity index (χ1n) is 17.3. The number of fused-ring (bicyclic) bond motifs is 3. The van der Waals surface area contributed by atoms with E-state index in [0.29, 0.717) is 6.61 Å². The summed E-state index contributed by atoms with van der Waals surface area (Å²) in [6, 6.07) is 19.8. The maximum absolute atomic E-state index is 12.5. The monoisotopic (exact) mass is 780 g/mol. The summed E-state index contributed by atoms with van der Waals surface area (Å²) >= 11 is 0.145. The molecule has 13 nitrogen and oxygen atoms in total. The van der Waals surface area contributed by atoms with Crippen LogP contribution >= 0.6 is 0 Å². The van der Waals surface area contributed by atoms with Crippen molar-refractivity contribution in [3.05, 3.63) is 66.2 Å². The average molecular weight is 780 g/mol. The molecule has 6 rings (SSSR count). The molecule has 4 aliphatic rings. The molecule has 4 saturated heterocycles. The van der Waals surface area contributed by atoms with Crippen LogP contribution in [0.3, 0.4) is 0 Å². The van der Waals surface area contributed by atoms with Gasteiger partial charge in [0.15, 0.2) is 0 Å². The molecule has 0 aromatic heterocycles. The van der Waals surface area contributed by atoms with E-state index in [1.54, 1.807) is 0 Å². The van der Waals surface area contributed by atoms with Gasteiger partial charge in [-0.05, 0) is 13.8 Å². The van der Waals surface area contributed by atoms with Crippen LogP contribution in [-0.4, -0.2) is 120 Å². The summed E-state index contributed by atoms with van der Waals surface area (Å²) in [7, 11) is 0. The van der Waals surface area contributed by atoms with E-state index in [1.165, 1.54) is 18.3 Å². The third-order valence-electron chi connectivity index (χ3n) is 8.71. The standard InChI is InChI=1S/C37H48O13Se/c1-22(38)41-20-26-28(44-23(2)39)30(42-19-24-13-9-7-10-14-24)32(40-17-18-51-25-15-11-8-12-16-25)34(45-26)43-21-27-29-31(48-36(3,4)47-29)33-35(46-27)50-37(5,6)49-33/h7-16,26-35H,17-21H2,1-6H3/t26-,27-,28-,29+,30+,31+,32-,33-,34?,35?/m1/s1. The minimum absolute atomic E-state index is 0.00395. The Kier molecular flexibility index (Phi) is 12.5. The second-order valence-electron chi connectivity index (χ2n) is 13.7. The van der Waals surface area contributed by atoms with Crippen molar-refractivity contribution in [3.8, 4) is 0 Å². The van der Waals surface area contributed by atoms with Gasteiger partial charge in [-0.2, -0.15) is 0 Å². The Balaban J connectivity index is 1.25. The molecular weight excluding hydrogens is 731 g/mol. The van der Waals surface area contributed by atoms with Crippen LogP contribution < -0.4 is 4.46 Å². The van der Waals surface area contributed by atoms with Gasteiger partial charge in [0.2, 0.25) is 0 Å². The second-order valence-corrected chi connectivity index (χ2v) is 16.2. The van der Waals surface area contributed by atoms with Gasteiger partial charge in [-0.3, -0.25) is 0 Å². The molecule has 0 spiro atoms. The van der Waals surface area contributed by atoms with E-state index in [4.69, 9.17) is 52.1 Å². The first kappa shape index (κ1) is 38.3. The average Bonchev–Trinajstić information content (AvgIpc) is 3.59. The third kappa shape index (κ3) is 9.95. The van der Waals surface area contributed by atoms with Crippen molar-refractivity contribution in [2.75, 3.05) is 19.8 Å². The van der Waals surface area contributed by atoms with Crippen molar-refractivity contribution in [1.82, 2.24) is 0 Å². The van der Waals surface area contributed by atoms with Gasteiger partial charge in [-0.1, -0.05) is 0 Å². The summed E-state index contributed by atoms with van der Waals surface area (Å²) in [5.74, 6) is -2.83. The number of carbonyl (C=O) groups excluding carboxylic acids is 2. The Morgan fingerprint density at radius 3 is 2.06 bits per heavy atom. The Labute approximate surface area is 304 Å². The van der Waals surface area contributed by atoms with Crippen LogP contribution in [0, 0.1) is 0 Å². The number of esters is 2. The fourth-order valence-electron chi connectivity index (χ4n) is 6.69. The van der Waals surface area contributed by atoms with E-state index >= 15 is 0 Å². The zero-order chi connectivity index (χ0) is 36.2. The maximum atomic E-state index is 12.5. The third-order valence-corrected chi connectivity index (χ3v) is 10.8. The molecule has 51 heavy (non-hydrogen) atoms. The van der Waals surface area contributed by atoms with Crippen molar-refractivity contribution in [3.63, 3.8) is 0 Å². The van der Waals surface area contributed by atoms with E-state index in [9.17, 15) is 9.59 Å². The predicted octanol–water partition coefficient (Wildman–Crippen LogP) is 3.04. The zero-order valence-electron chi connectivity index (χ0n) is 29.8. The summed E-state index contributed by atoms with van der Waals surface area (Å²) in [6.45, 7) is 10.3. The van der Waals surface area contributed by atoms with Crippen molar-refractivity contribution < 1.29 is 61.7 Å². The quantitative estimate of drug-likeness (QED) is 0.158. The molecule has 0 amide bonds. The van der Waals surface area contributed by atoms with Crippen LogP contribution in [0.4, 0.5) is 0 Å².